The first-order valence-corrected chi connectivity index (χ1v) is 24.2. The van der Waals surface area contributed by atoms with Gasteiger partial charge in [0.25, 0.3) is 0 Å². The van der Waals surface area contributed by atoms with Crippen molar-refractivity contribution in [2.45, 2.75) is 206 Å². The fourth-order valence-electron chi connectivity index (χ4n) is 5.95. The summed E-state index contributed by atoms with van der Waals surface area (Å²) < 4.78 is 32.7. The Morgan fingerprint density at radius 3 is 1.34 bits per heavy atom. The van der Waals surface area contributed by atoms with Crippen molar-refractivity contribution in [3.05, 3.63) is 48.6 Å². The van der Waals surface area contributed by atoms with E-state index in [-0.39, 0.29) is 19.4 Å². The van der Waals surface area contributed by atoms with Crippen LogP contribution in [0.2, 0.25) is 0 Å². The number of nitrogens with two attached hydrogens (primary N) is 1. The van der Waals surface area contributed by atoms with Crippen LogP contribution in [0.3, 0.4) is 0 Å². The number of unbranched alkanes of at least 4 members (excludes halogenated alkanes) is 20. The predicted molar refractivity (Wildman–Crippen MR) is 235 cm³/mol. The molecule has 0 saturated carbocycles. The van der Waals surface area contributed by atoms with Crippen molar-refractivity contribution in [1.82, 2.24) is 0 Å². The lowest BCUT2D eigenvalue weighted by atomic mass is 10.1. The Balaban J connectivity index is 4.36. The van der Waals surface area contributed by atoms with Crippen molar-refractivity contribution in [3.63, 3.8) is 0 Å². The average Bonchev–Trinajstić information content (AvgIpc) is 3.20. The van der Waals surface area contributed by atoms with Gasteiger partial charge in [-0.2, -0.15) is 0 Å². The summed E-state index contributed by atoms with van der Waals surface area (Å²) in [7, 11) is -4.72. The fraction of sp³-hybridized carbons (Fsp3) is 0.761. The van der Waals surface area contributed by atoms with Gasteiger partial charge < -0.3 is 25.2 Å². The molecule has 0 heterocycles. The molecule has 12 heteroatoms. The SMILES string of the molecule is CCCCC/C=C\C/C=C\CCCCCCCCCC(=O)OC[C@H](COP(=O)(O)OC[C@H](N)C(=O)O)OC(=O)CCCCCCCCC/C=C\C/C=C\CCCCC. The van der Waals surface area contributed by atoms with E-state index in [4.69, 9.17) is 24.8 Å². The summed E-state index contributed by atoms with van der Waals surface area (Å²) >= 11 is 0. The molecule has 58 heavy (non-hydrogen) atoms. The Labute approximate surface area is 352 Å². The van der Waals surface area contributed by atoms with Gasteiger partial charge in [-0.25, -0.2) is 4.57 Å². The molecule has 11 nitrogen and oxygen atoms in total. The number of hydrogen-bond donors (Lipinski definition) is 3. The topological polar surface area (TPSA) is 172 Å². The lowest BCUT2D eigenvalue weighted by Crippen LogP contribution is -2.34. The highest BCUT2D eigenvalue weighted by molar-refractivity contribution is 7.47. The maximum Gasteiger partial charge on any atom is 0.472 e. The Kier molecular flexibility index (Phi) is 39.4. The fourth-order valence-corrected chi connectivity index (χ4v) is 6.73. The summed E-state index contributed by atoms with van der Waals surface area (Å²) in [5.41, 5.74) is 5.34. The Hall–Kier alpha value is -2.56. The number of ether oxygens (including phenoxy) is 2. The summed E-state index contributed by atoms with van der Waals surface area (Å²) in [5, 5.41) is 8.90. The largest absolute Gasteiger partial charge is 0.480 e. The van der Waals surface area contributed by atoms with Crippen LogP contribution in [-0.2, 0) is 37.5 Å². The first-order valence-electron chi connectivity index (χ1n) is 22.7. The number of carboxylic acid groups (broad SMARTS) is 1. The van der Waals surface area contributed by atoms with Gasteiger partial charge in [0.05, 0.1) is 13.2 Å². The number of rotatable bonds is 42. The average molecular weight is 840 g/mol. The molecule has 0 radical (unpaired) electrons. The van der Waals surface area contributed by atoms with Gasteiger partial charge in [0.2, 0.25) is 0 Å². The molecular formula is C46H82NO10P. The summed E-state index contributed by atoms with van der Waals surface area (Å²) in [5.74, 6) is -2.40. The van der Waals surface area contributed by atoms with Crippen LogP contribution in [0.5, 0.6) is 0 Å². The van der Waals surface area contributed by atoms with Crippen LogP contribution < -0.4 is 5.73 Å². The number of carbonyl (C=O) groups is 3. The van der Waals surface area contributed by atoms with Gasteiger partial charge in [-0.05, 0) is 77.0 Å². The maximum absolute atomic E-state index is 12.6. The molecule has 0 fully saturated rings. The molecule has 0 aromatic rings. The number of phosphoric ester groups is 1. The molecule has 0 aliphatic carbocycles. The Morgan fingerprint density at radius 2 is 0.914 bits per heavy atom. The van der Waals surface area contributed by atoms with Crippen molar-refractivity contribution in [2.24, 2.45) is 5.73 Å². The van der Waals surface area contributed by atoms with E-state index in [1.807, 2.05) is 0 Å². The molecule has 0 amide bonds. The quantitative estimate of drug-likeness (QED) is 0.0231. The van der Waals surface area contributed by atoms with Gasteiger partial charge >= 0.3 is 25.7 Å². The molecule has 4 N–H and O–H groups in total. The van der Waals surface area contributed by atoms with Crippen LogP contribution in [-0.4, -0.2) is 59.9 Å². The molecule has 1 unspecified atom stereocenters. The molecule has 0 aliphatic heterocycles. The minimum atomic E-state index is -4.72. The van der Waals surface area contributed by atoms with E-state index < -0.39 is 51.1 Å². The first kappa shape index (κ1) is 55.4. The van der Waals surface area contributed by atoms with Crippen LogP contribution in [0.15, 0.2) is 48.6 Å². The van der Waals surface area contributed by atoms with Crippen LogP contribution in [0.25, 0.3) is 0 Å². The third-order valence-corrected chi connectivity index (χ3v) is 10.5. The van der Waals surface area contributed by atoms with Crippen molar-refractivity contribution >= 4 is 25.7 Å². The van der Waals surface area contributed by atoms with E-state index in [2.05, 4.69) is 67.0 Å². The predicted octanol–water partition coefficient (Wildman–Crippen LogP) is 12.2. The maximum atomic E-state index is 12.6. The van der Waals surface area contributed by atoms with E-state index in [0.717, 1.165) is 70.6 Å². The van der Waals surface area contributed by atoms with Gasteiger partial charge in [-0.1, -0.05) is 152 Å². The molecule has 0 aliphatic rings. The van der Waals surface area contributed by atoms with Gasteiger partial charge in [-0.15, -0.1) is 0 Å². The highest BCUT2D eigenvalue weighted by atomic mass is 31.2. The third-order valence-electron chi connectivity index (χ3n) is 9.55. The van der Waals surface area contributed by atoms with Gasteiger partial charge in [0.1, 0.15) is 12.6 Å². The van der Waals surface area contributed by atoms with E-state index in [1.54, 1.807) is 0 Å². The molecule has 0 bridgehead atoms. The lowest BCUT2D eigenvalue weighted by Gasteiger charge is -2.20. The van der Waals surface area contributed by atoms with E-state index in [0.29, 0.717) is 12.8 Å². The summed E-state index contributed by atoms with van der Waals surface area (Å²) in [6.07, 6.45) is 45.9. The normalized spacial score (nSPS) is 14.1. The Morgan fingerprint density at radius 1 is 0.534 bits per heavy atom. The molecule has 0 saturated heterocycles. The second-order valence-electron chi connectivity index (χ2n) is 15.2. The lowest BCUT2D eigenvalue weighted by molar-refractivity contribution is -0.161. The minimum absolute atomic E-state index is 0.149. The van der Waals surface area contributed by atoms with E-state index in [1.165, 1.54) is 83.5 Å². The second-order valence-corrected chi connectivity index (χ2v) is 16.6. The number of aliphatic carboxylic acids is 1. The van der Waals surface area contributed by atoms with Crippen LogP contribution >= 0.6 is 7.82 Å². The smallest absolute Gasteiger partial charge is 0.472 e. The highest BCUT2D eigenvalue weighted by Crippen LogP contribution is 2.43. The molecule has 0 aromatic heterocycles. The summed E-state index contributed by atoms with van der Waals surface area (Å²) in [4.78, 5) is 46.0. The second kappa shape index (κ2) is 41.2. The summed E-state index contributed by atoms with van der Waals surface area (Å²) in [6.45, 7) is 2.74. The van der Waals surface area contributed by atoms with Crippen molar-refractivity contribution in [2.75, 3.05) is 19.8 Å². The van der Waals surface area contributed by atoms with E-state index in [9.17, 15) is 23.8 Å². The number of hydrogen-bond acceptors (Lipinski definition) is 9. The van der Waals surface area contributed by atoms with Crippen molar-refractivity contribution in [1.29, 1.82) is 0 Å². The van der Waals surface area contributed by atoms with Gasteiger partial charge in [-0.3, -0.25) is 23.4 Å². The molecule has 336 valence electrons. The molecular weight excluding hydrogens is 757 g/mol. The highest BCUT2D eigenvalue weighted by Gasteiger charge is 2.28. The van der Waals surface area contributed by atoms with Crippen molar-refractivity contribution in [3.8, 4) is 0 Å². The number of carbonyl (C=O) groups excluding carboxylic acids is 2. The summed E-state index contributed by atoms with van der Waals surface area (Å²) in [6, 6.07) is -1.52. The monoisotopic (exact) mass is 840 g/mol. The molecule has 3 atom stereocenters. The van der Waals surface area contributed by atoms with Crippen LogP contribution in [0, 0.1) is 0 Å². The van der Waals surface area contributed by atoms with Crippen LogP contribution in [0.1, 0.15) is 194 Å². The minimum Gasteiger partial charge on any atom is -0.480 e. The number of carboxylic acids is 1. The number of esters is 2. The zero-order valence-electron chi connectivity index (χ0n) is 36.4. The molecule has 0 rings (SSSR count). The van der Waals surface area contributed by atoms with Gasteiger partial charge in [0.15, 0.2) is 6.10 Å². The zero-order chi connectivity index (χ0) is 42.8. The van der Waals surface area contributed by atoms with Gasteiger partial charge in [0, 0.05) is 12.8 Å². The standard InChI is InChI=1S/C46H82NO10P/c1-3-5-7-9-11-13-15-17-19-21-23-25-27-29-31-33-35-37-44(48)54-39-42(40-55-58(52,53)56-41-43(47)46(50)51)57-45(49)38-36-34-32-30-28-26-24-22-20-18-16-14-12-10-8-6-4-2/h11-14,17-20,42-43H,3-10,15-16,21-41,47H2,1-2H3,(H,50,51)(H,52,53)/b13-11-,14-12-,19-17-,20-18-/t42-,43+/m1/s1. The number of allylic oxidation sites excluding steroid dienone is 8. The van der Waals surface area contributed by atoms with E-state index >= 15 is 0 Å². The molecule has 0 spiro atoms. The van der Waals surface area contributed by atoms with Crippen LogP contribution in [0.4, 0.5) is 0 Å². The molecule has 0 aromatic carbocycles. The third kappa shape index (κ3) is 40.2. The van der Waals surface area contributed by atoms with Crippen molar-refractivity contribution < 1.29 is 47.5 Å². The number of phosphoric acid groups is 1. The first-order chi connectivity index (χ1) is 28.1. The Bertz CT molecular complexity index is 1170. The zero-order valence-corrected chi connectivity index (χ0v) is 37.3.